The number of nitrogens with one attached hydrogen (secondary N) is 4. The number of H-pyrrole nitrogens is 1. The summed E-state index contributed by atoms with van der Waals surface area (Å²) in [5, 5.41) is 15.3. The highest BCUT2D eigenvalue weighted by Crippen LogP contribution is 2.27. The number of hydrogen-bond acceptors (Lipinski definition) is 6. The molecule has 7 heteroatoms. The van der Waals surface area contributed by atoms with Gasteiger partial charge in [-0.15, -0.1) is 0 Å². The van der Waals surface area contributed by atoms with Gasteiger partial charge in [-0.2, -0.15) is 9.97 Å². The first kappa shape index (κ1) is 16.8. The third kappa shape index (κ3) is 3.40. The number of aromatic amines is 1. The average Bonchev–Trinajstić information content (AvgIpc) is 2.88. The van der Waals surface area contributed by atoms with Crippen molar-refractivity contribution in [2.45, 2.75) is 33.7 Å². The van der Waals surface area contributed by atoms with Gasteiger partial charge in [-0.25, -0.2) is 0 Å². The Morgan fingerprint density at radius 2 is 2.04 bits per heavy atom. The van der Waals surface area contributed by atoms with Gasteiger partial charge in [0.2, 0.25) is 5.95 Å². The predicted molar refractivity (Wildman–Crippen MR) is 104 cm³/mol. The van der Waals surface area contributed by atoms with E-state index >= 15 is 0 Å². The van der Waals surface area contributed by atoms with Gasteiger partial charge < -0.3 is 26.8 Å². The van der Waals surface area contributed by atoms with E-state index in [9.17, 15) is 0 Å². The number of rotatable bonds is 5. The summed E-state index contributed by atoms with van der Waals surface area (Å²) >= 11 is 0. The maximum atomic E-state index is 7.72. The van der Waals surface area contributed by atoms with Crippen LogP contribution in [0.3, 0.4) is 0 Å². The molecule has 2 aromatic heterocycles. The monoisotopic (exact) mass is 337 g/mol. The molecule has 0 aliphatic carbocycles. The molecular weight excluding hydrogens is 314 g/mol. The molecule has 0 unspecified atom stereocenters. The van der Waals surface area contributed by atoms with Gasteiger partial charge in [0, 0.05) is 34.9 Å². The number of anilines is 4. The van der Waals surface area contributed by atoms with Crippen LogP contribution in [0.2, 0.25) is 0 Å². The second-order valence-corrected chi connectivity index (χ2v) is 6.44. The van der Waals surface area contributed by atoms with Crippen molar-refractivity contribution in [2.75, 3.05) is 16.4 Å². The predicted octanol–water partition coefficient (Wildman–Crippen LogP) is 3.80. The first-order chi connectivity index (χ1) is 11.8. The van der Waals surface area contributed by atoms with Crippen LogP contribution in [0.4, 0.5) is 23.1 Å². The van der Waals surface area contributed by atoms with E-state index in [1.54, 1.807) is 13.0 Å². The Hall–Kier alpha value is -3.09. The van der Waals surface area contributed by atoms with Crippen LogP contribution in [0.25, 0.3) is 11.0 Å². The van der Waals surface area contributed by atoms with E-state index in [0.29, 0.717) is 17.3 Å². The number of aromatic nitrogens is 3. The minimum Gasteiger partial charge on any atom is -0.398 e. The van der Waals surface area contributed by atoms with Gasteiger partial charge in [-0.05, 0) is 51.5 Å². The fraction of sp³-hybridized carbons (Fsp3) is 0.278. The molecule has 0 bridgehead atoms. The third-order valence-electron chi connectivity index (χ3n) is 3.87. The van der Waals surface area contributed by atoms with Gasteiger partial charge in [0.25, 0.3) is 0 Å². The minimum absolute atomic E-state index is 0.255. The number of nitrogens with zero attached hydrogens (tertiary/aromatic N) is 2. The molecular formula is C18H23N7. The lowest BCUT2D eigenvalue weighted by atomic mass is 10.1. The number of aryl methyl sites for hydroxylation is 1. The lowest BCUT2D eigenvalue weighted by Gasteiger charge is -2.13. The summed E-state index contributed by atoms with van der Waals surface area (Å²) in [6.45, 7) is 7.89. The molecule has 25 heavy (non-hydrogen) atoms. The number of fused-ring (bicyclic) bond motifs is 1. The van der Waals surface area contributed by atoms with Crippen molar-refractivity contribution in [1.29, 1.82) is 5.41 Å². The highest BCUT2D eigenvalue weighted by Gasteiger charge is 2.13. The average molecular weight is 337 g/mol. The summed E-state index contributed by atoms with van der Waals surface area (Å²) in [7, 11) is 0. The first-order valence-corrected chi connectivity index (χ1v) is 8.19. The van der Waals surface area contributed by atoms with Crippen LogP contribution < -0.4 is 16.4 Å². The molecule has 0 aliphatic rings. The number of nitrogens with two attached hydrogens (primary N) is 1. The molecule has 1 aromatic carbocycles. The Morgan fingerprint density at radius 1 is 1.28 bits per heavy atom. The third-order valence-corrected chi connectivity index (χ3v) is 3.87. The fourth-order valence-electron chi connectivity index (χ4n) is 2.73. The Labute approximate surface area is 146 Å². The quantitative estimate of drug-likeness (QED) is 0.359. The van der Waals surface area contributed by atoms with Crippen molar-refractivity contribution in [3.63, 3.8) is 0 Å². The molecule has 0 spiro atoms. The Morgan fingerprint density at radius 3 is 2.68 bits per heavy atom. The highest BCUT2D eigenvalue weighted by molar-refractivity contribution is 6.01. The Bertz CT molecular complexity index is 940. The van der Waals surface area contributed by atoms with E-state index < -0.39 is 0 Å². The minimum atomic E-state index is 0.255. The van der Waals surface area contributed by atoms with E-state index in [2.05, 4.69) is 39.4 Å². The highest BCUT2D eigenvalue weighted by atomic mass is 15.2. The van der Waals surface area contributed by atoms with E-state index in [-0.39, 0.29) is 6.04 Å². The van der Waals surface area contributed by atoms with Crippen LogP contribution in [0.1, 0.15) is 31.9 Å². The maximum Gasteiger partial charge on any atom is 0.231 e. The van der Waals surface area contributed by atoms with Gasteiger partial charge in [0.05, 0.1) is 5.39 Å². The first-order valence-electron chi connectivity index (χ1n) is 8.19. The molecule has 0 saturated carbocycles. The topological polar surface area (TPSA) is 116 Å². The number of hydrogen-bond donors (Lipinski definition) is 5. The summed E-state index contributed by atoms with van der Waals surface area (Å²) in [5.41, 5.74) is 10.4. The second kappa shape index (κ2) is 6.43. The van der Waals surface area contributed by atoms with Gasteiger partial charge in [-0.3, -0.25) is 0 Å². The summed E-state index contributed by atoms with van der Waals surface area (Å²) in [5.74, 6) is 1.28. The normalized spacial score (nSPS) is 11.1. The van der Waals surface area contributed by atoms with Gasteiger partial charge in [0.15, 0.2) is 0 Å². The zero-order chi connectivity index (χ0) is 18.1. The number of benzene rings is 1. The SMILES string of the molecule is CC(=N)c1ccc(Nc2nc(NC(C)C)c3c(C)c[nH]c3n2)cc1N. The molecule has 0 aliphatic heterocycles. The van der Waals surface area contributed by atoms with Crippen LogP contribution >= 0.6 is 0 Å². The molecule has 3 aromatic rings. The van der Waals surface area contributed by atoms with Gasteiger partial charge >= 0.3 is 0 Å². The smallest absolute Gasteiger partial charge is 0.231 e. The summed E-state index contributed by atoms with van der Waals surface area (Å²) in [4.78, 5) is 12.3. The lowest BCUT2D eigenvalue weighted by Crippen LogP contribution is -2.12. The zero-order valence-corrected chi connectivity index (χ0v) is 14.9. The van der Waals surface area contributed by atoms with E-state index in [0.717, 1.165) is 33.7 Å². The van der Waals surface area contributed by atoms with Crippen molar-refractivity contribution < 1.29 is 0 Å². The van der Waals surface area contributed by atoms with Crippen molar-refractivity contribution in [3.05, 3.63) is 35.5 Å². The molecule has 0 fully saturated rings. The molecule has 0 atom stereocenters. The van der Waals surface area contributed by atoms with Crippen molar-refractivity contribution >= 4 is 39.9 Å². The van der Waals surface area contributed by atoms with E-state index in [1.807, 2.05) is 25.3 Å². The number of nitrogen functional groups attached to an aromatic ring is 1. The van der Waals surface area contributed by atoms with Crippen molar-refractivity contribution in [2.24, 2.45) is 0 Å². The summed E-state index contributed by atoms with van der Waals surface area (Å²) < 4.78 is 0. The summed E-state index contributed by atoms with van der Waals surface area (Å²) in [6.07, 6.45) is 1.92. The Balaban J connectivity index is 1.99. The molecule has 0 radical (unpaired) electrons. The van der Waals surface area contributed by atoms with Crippen LogP contribution in [0.5, 0.6) is 0 Å². The van der Waals surface area contributed by atoms with Crippen LogP contribution in [0, 0.1) is 12.3 Å². The molecule has 0 saturated heterocycles. The molecule has 7 nitrogen and oxygen atoms in total. The largest absolute Gasteiger partial charge is 0.398 e. The molecule has 2 heterocycles. The van der Waals surface area contributed by atoms with Gasteiger partial charge in [0.1, 0.15) is 11.5 Å². The molecule has 6 N–H and O–H groups in total. The van der Waals surface area contributed by atoms with Crippen LogP contribution in [-0.2, 0) is 0 Å². The molecule has 130 valence electrons. The van der Waals surface area contributed by atoms with E-state index in [1.165, 1.54) is 0 Å². The van der Waals surface area contributed by atoms with E-state index in [4.69, 9.17) is 11.1 Å². The standard InChI is InChI=1S/C18H23N7/c1-9(2)22-17-15-10(3)8-21-16(15)24-18(25-17)23-12-5-6-13(11(4)19)14(20)7-12/h5-9,19H,20H2,1-4H3,(H3,21,22,23,24,25). The second-order valence-electron chi connectivity index (χ2n) is 6.44. The van der Waals surface area contributed by atoms with Crippen LogP contribution in [0.15, 0.2) is 24.4 Å². The maximum absolute atomic E-state index is 7.72. The molecule has 3 rings (SSSR count). The molecule has 0 amide bonds. The zero-order valence-electron chi connectivity index (χ0n) is 14.9. The lowest BCUT2D eigenvalue weighted by molar-refractivity contribution is 0.891. The fourth-order valence-corrected chi connectivity index (χ4v) is 2.73. The van der Waals surface area contributed by atoms with Crippen LogP contribution in [-0.4, -0.2) is 26.7 Å². The Kier molecular flexibility index (Phi) is 4.31. The summed E-state index contributed by atoms with van der Waals surface area (Å²) in [6, 6.07) is 5.74. The van der Waals surface area contributed by atoms with Gasteiger partial charge in [-0.1, -0.05) is 0 Å². The van der Waals surface area contributed by atoms with Crippen molar-refractivity contribution in [1.82, 2.24) is 15.0 Å². The van der Waals surface area contributed by atoms with Crippen molar-refractivity contribution in [3.8, 4) is 0 Å².